The molecule has 0 aliphatic heterocycles. The maximum Gasteiger partial charge on any atom is 0.306 e. The molecule has 5 heteroatoms. The minimum Gasteiger partial charge on any atom is -0.494 e. The summed E-state index contributed by atoms with van der Waals surface area (Å²) in [6.07, 6.45) is 0.960. The van der Waals surface area contributed by atoms with Gasteiger partial charge in [0, 0.05) is 4.47 Å². The fourth-order valence-corrected chi connectivity index (χ4v) is 1.71. The highest BCUT2D eigenvalue weighted by Crippen LogP contribution is 2.17. The molecular formula is C12H16BrNO3. The molecule has 17 heavy (non-hydrogen) atoms. The first kappa shape index (κ1) is 14.0. The van der Waals surface area contributed by atoms with Crippen LogP contribution in [0.2, 0.25) is 0 Å². The van der Waals surface area contributed by atoms with E-state index in [1.54, 1.807) is 0 Å². The Bertz CT molecular complexity index is 353. The number of hydrogen-bond donors (Lipinski definition) is 2. The molecule has 1 aromatic carbocycles. The van der Waals surface area contributed by atoms with Gasteiger partial charge in [0.05, 0.1) is 12.5 Å². The van der Waals surface area contributed by atoms with E-state index in [2.05, 4.69) is 15.9 Å². The van der Waals surface area contributed by atoms with Gasteiger partial charge in [-0.1, -0.05) is 15.9 Å². The lowest BCUT2D eigenvalue weighted by molar-refractivity contribution is -0.142. The van der Waals surface area contributed by atoms with E-state index in [-0.39, 0.29) is 0 Å². The maximum absolute atomic E-state index is 10.9. The summed E-state index contributed by atoms with van der Waals surface area (Å²) < 4.78 is 6.45. The highest BCUT2D eigenvalue weighted by atomic mass is 79.9. The topological polar surface area (TPSA) is 72.5 Å². The van der Waals surface area contributed by atoms with Gasteiger partial charge in [0.15, 0.2) is 0 Å². The zero-order valence-electron chi connectivity index (χ0n) is 9.43. The molecule has 1 aromatic rings. The van der Waals surface area contributed by atoms with Gasteiger partial charge in [0.25, 0.3) is 0 Å². The number of hydrogen-bond acceptors (Lipinski definition) is 3. The number of halogens is 1. The van der Waals surface area contributed by atoms with Crippen LogP contribution >= 0.6 is 15.9 Å². The molecule has 3 N–H and O–H groups in total. The van der Waals surface area contributed by atoms with Gasteiger partial charge in [-0.15, -0.1) is 0 Å². The Labute approximate surface area is 109 Å². The molecule has 4 nitrogen and oxygen atoms in total. The van der Waals surface area contributed by atoms with Crippen LogP contribution in [-0.2, 0) is 4.79 Å². The lowest BCUT2D eigenvalue weighted by Crippen LogP contribution is -2.20. The van der Waals surface area contributed by atoms with Gasteiger partial charge in [-0.2, -0.15) is 0 Å². The predicted molar refractivity (Wildman–Crippen MR) is 69.1 cm³/mol. The fourth-order valence-electron chi connectivity index (χ4n) is 1.44. The number of carboxylic acids is 1. The molecule has 0 aromatic heterocycles. The average molecular weight is 302 g/mol. The second-order valence-electron chi connectivity index (χ2n) is 3.70. The second-order valence-corrected chi connectivity index (χ2v) is 4.62. The van der Waals surface area contributed by atoms with Gasteiger partial charge in [-0.05, 0) is 43.7 Å². The number of aliphatic carboxylic acids is 1. The second kappa shape index (κ2) is 7.29. The smallest absolute Gasteiger partial charge is 0.306 e. The van der Waals surface area contributed by atoms with Crippen LogP contribution in [0.5, 0.6) is 5.75 Å². The zero-order chi connectivity index (χ0) is 12.7. The molecular weight excluding hydrogens is 286 g/mol. The van der Waals surface area contributed by atoms with Crippen molar-refractivity contribution in [2.75, 3.05) is 13.2 Å². The molecule has 1 atom stereocenters. The fraction of sp³-hybridized carbons (Fsp3) is 0.417. The Balaban J connectivity index is 2.35. The minimum atomic E-state index is -0.810. The average Bonchev–Trinajstić information content (AvgIpc) is 2.30. The van der Waals surface area contributed by atoms with Gasteiger partial charge >= 0.3 is 5.97 Å². The van der Waals surface area contributed by atoms with Crippen molar-refractivity contribution in [3.8, 4) is 5.75 Å². The number of nitrogens with two attached hydrogens (primary N) is 1. The summed E-state index contributed by atoms with van der Waals surface area (Å²) in [5.41, 5.74) is 5.36. The Morgan fingerprint density at radius 1 is 1.35 bits per heavy atom. The summed E-state index contributed by atoms with van der Waals surface area (Å²) in [5, 5.41) is 8.92. The number of ether oxygens (including phenoxy) is 1. The van der Waals surface area contributed by atoms with E-state index in [1.807, 2.05) is 24.3 Å². The van der Waals surface area contributed by atoms with Crippen molar-refractivity contribution >= 4 is 21.9 Å². The van der Waals surface area contributed by atoms with Crippen molar-refractivity contribution in [1.29, 1.82) is 0 Å². The molecule has 0 amide bonds. The van der Waals surface area contributed by atoms with E-state index in [0.29, 0.717) is 26.0 Å². The number of benzene rings is 1. The normalized spacial score (nSPS) is 12.1. The van der Waals surface area contributed by atoms with Gasteiger partial charge in [-0.25, -0.2) is 0 Å². The first-order chi connectivity index (χ1) is 8.13. The van der Waals surface area contributed by atoms with E-state index in [4.69, 9.17) is 15.6 Å². The van der Waals surface area contributed by atoms with Crippen molar-refractivity contribution in [1.82, 2.24) is 0 Å². The molecule has 0 radical (unpaired) electrons. The summed E-state index contributed by atoms with van der Waals surface area (Å²) in [4.78, 5) is 10.9. The molecule has 0 aliphatic carbocycles. The van der Waals surface area contributed by atoms with Crippen molar-refractivity contribution in [3.05, 3.63) is 28.7 Å². The third-order valence-electron chi connectivity index (χ3n) is 2.41. The largest absolute Gasteiger partial charge is 0.494 e. The summed E-state index contributed by atoms with van der Waals surface area (Å²) in [7, 11) is 0. The highest BCUT2D eigenvalue weighted by Gasteiger charge is 2.16. The molecule has 0 aliphatic rings. The quantitative estimate of drug-likeness (QED) is 0.810. The van der Waals surface area contributed by atoms with Crippen LogP contribution in [0.4, 0.5) is 0 Å². The van der Waals surface area contributed by atoms with E-state index >= 15 is 0 Å². The summed E-state index contributed by atoms with van der Waals surface area (Å²) in [5.74, 6) is -0.490. The highest BCUT2D eigenvalue weighted by molar-refractivity contribution is 9.10. The lowest BCUT2D eigenvalue weighted by atomic mass is 10.0. The van der Waals surface area contributed by atoms with E-state index in [1.165, 1.54) is 0 Å². The van der Waals surface area contributed by atoms with E-state index in [9.17, 15) is 4.79 Å². The van der Waals surface area contributed by atoms with Gasteiger partial charge in [-0.3, -0.25) is 4.79 Å². The molecule has 94 valence electrons. The number of carboxylic acid groups (broad SMARTS) is 1. The molecule has 1 unspecified atom stereocenters. The SMILES string of the molecule is NCCC(CCOc1ccc(Br)cc1)C(=O)O. The molecule has 0 fully saturated rings. The Hall–Kier alpha value is -1.07. The Morgan fingerprint density at radius 2 is 2.00 bits per heavy atom. The molecule has 0 saturated heterocycles. The van der Waals surface area contributed by atoms with Crippen LogP contribution in [0.1, 0.15) is 12.8 Å². The molecule has 0 saturated carbocycles. The van der Waals surface area contributed by atoms with Crippen LogP contribution in [0.3, 0.4) is 0 Å². The number of carbonyl (C=O) groups is 1. The van der Waals surface area contributed by atoms with Crippen LogP contribution < -0.4 is 10.5 Å². The Morgan fingerprint density at radius 3 is 2.53 bits per heavy atom. The molecule has 0 heterocycles. The van der Waals surface area contributed by atoms with Gasteiger partial charge in [0.2, 0.25) is 0 Å². The third-order valence-corrected chi connectivity index (χ3v) is 2.94. The number of rotatable bonds is 7. The first-order valence-corrected chi connectivity index (χ1v) is 6.24. The van der Waals surface area contributed by atoms with Gasteiger partial charge in [0.1, 0.15) is 5.75 Å². The van der Waals surface area contributed by atoms with Crippen molar-refractivity contribution < 1.29 is 14.6 Å². The molecule has 1 rings (SSSR count). The van der Waals surface area contributed by atoms with Crippen molar-refractivity contribution in [2.45, 2.75) is 12.8 Å². The van der Waals surface area contributed by atoms with Crippen LogP contribution in [0.25, 0.3) is 0 Å². The first-order valence-electron chi connectivity index (χ1n) is 5.44. The standard InChI is InChI=1S/C12H16BrNO3/c13-10-1-3-11(4-2-10)17-8-6-9(5-7-14)12(15)16/h1-4,9H,5-8,14H2,(H,15,16). The van der Waals surface area contributed by atoms with Crippen molar-refractivity contribution in [2.24, 2.45) is 11.7 Å². The van der Waals surface area contributed by atoms with Crippen LogP contribution in [0, 0.1) is 5.92 Å². The summed E-state index contributed by atoms with van der Waals surface area (Å²) in [6, 6.07) is 7.43. The van der Waals surface area contributed by atoms with E-state index < -0.39 is 11.9 Å². The molecule has 0 bridgehead atoms. The summed E-state index contributed by atoms with van der Waals surface area (Å²) in [6.45, 7) is 0.772. The third kappa shape index (κ3) is 5.19. The summed E-state index contributed by atoms with van der Waals surface area (Å²) >= 11 is 3.33. The van der Waals surface area contributed by atoms with Crippen molar-refractivity contribution in [3.63, 3.8) is 0 Å². The molecule has 0 spiro atoms. The maximum atomic E-state index is 10.9. The van der Waals surface area contributed by atoms with Crippen LogP contribution in [0.15, 0.2) is 28.7 Å². The lowest BCUT2D eigenvalue weighted by Gasteiger charge is -2.11. The zero-order valence-corrected chi connectivity index (χ0v) is 11.0. The minimum absolute atomic E-state index is 0.384. The predicted octanol–water partition coefficient (Wildman–Crippen LogP) is 2.27. The monoisotopic (exact) mass is 301 g/mol. The van der Waals surface area contributed by atoms with Gasteiger partial charge < -0.3 is 15.6 Å². The van der Waals surface area contributed by atoms with E-state index in [0.717, 1.165) is 10.2 Å². The Kier molecular flexibility index (Phi) is 6.00. The van der Waals surface area contributed by atoms with Crippen LogP contribution in [-0.4, -0.2) is 24.2 Å².